The number of unbranched alkanes of at least 4 members (excludes halogenated alkanes) is 2. The molecule has 10 rings (SSSR count). The molecule has 12 atom stereocenters. The Labute approximate surface area is 648 Å². The van der Waals surface area contributed by atoms with Crippen LogP contribution in [0.2, 0.25) is 5.31 Å². The van der Waals surface area contributed by atoms with Crippen molar-refractivity contribution in [3.63, 3.8) is 0 Å². The molecule has 2 radical (unpaired) electrons. The number of allylic oxidation sites excluding steroid dienone is 2. The van der Waals surface area contributed by atoms with E-state index in [1.807, 2.05) is 11.8 Å². The van der Waals surface area contributed by atoms with Gasteiger partial charge in [0.1, 0.15) is 46.9 Å². The number of carbonyl (C=O) groups excluding carboxylic acids is 9. The quantitative estimate of drug-likeness (QED) is 0.00674. The number of carbonyl (C=O) groups is 9. The van der Waals surface area contributed by atoms with Gasteiger partial charge in [0.2, 0.25) is 40.4 Å². The molecule has 1 aliphatic carbocycles. The van der Waals surface area contributed by atoms with Crippen molar-refractivity contribution in [1.29, 1.82) is 0 Å². The fourth-order valence-electron chi connectivity index (χ4n) is 15.1. The summed E-state index contributed by atoms with van der Waals surface area (Å²) in [4.78, 5) is 158. The molecule has 11 N–H and O–H groups in total. The Kier molecular flexibility index (Phi) is 26.2. The number of imide groups is 1. The van der Waals surface area contributed by atoms with Crippen LogP contribution in [0.25, 0.3) is 38.7 Å². The van der Waals surface area contributed by atoms with Crippen molar-refractivity contribution >= 4 is 117 Å². The van der Waals surface area contributed by atoms with E-state index in [0.717, 1.165) is 0 Å². The Hall–Kier alpha value is -10.6. The Balaban J connectivity index is 0.821. The van der Waals surface area contributed by atoms with Gasteiger partial charge in [0, 0.05) is 143 Å². The molecule has 9 amide bonds. The minimum Gasteiger partial charge on any atom is -0.507 e. The van der Waals surface area contributed by atoms with Gasteiger partial charge in [-0.05, 0) is 82.6 Å². The number of nitrogens with one attached hydrogen (secondary N) is 5. The zero-order valence-corrected chi connectivity index (χ0v) is 65.0. The number of urea groups is 1. The van der Waals surface area contributed by atoms with E-state index in [0.29, 0.717) is 49.0 Å². The van der Waals surface area contributed by atoms with Gasteiger partial charge in [-0.2, -0.15) is 0 Å². The number of aliphatic hydroxyl groups is 3. The second kappa shape index (κ2) is 35.0. The van der Waals surface area contributed by atoms with Gasteiger partial charge in [-0.3, -0.25) is 48.1 Å². The van der Waals surface area contributed by atoms with Gasteiger partial charge < -0.3 is 90.6 Å². The smallest absolute Gasteiger partial charge is 0.410 e. The minimum absolute atomic E-state index is 0.0158. The number of fused-ring (bicyclic) bond motifs is 5. The van der Waals surface area contributed by atoms with Gasteiger partial charge in [0.15, 0.2) is 22.4 Å². The highest BCUT2D eigenvalue weighted by Gasteiger charge is 2.52. The summed E-state index contributed by atoms with van der Waals surface area (Å²) >= 11 is 0. The lowest BCUT2D eigenvalue weighted by Crippen LogP contribution is -2.58. The average molecular weight is 1550 g/mol. The van der Waals surface area contributed by atoms with Crippen LogP contribution in [-0.4, -0.2) is 186 Å². The van der Waals surface area contributed by atoms with Crippen LogP contribution in [0.5, 0.6) is 11.5 Å². The van der Waals surface area contributed by atoms with Crippen molar-refractivity contribution in [3.8, 4) is 11.5 Å². The van der Waals surface area contributed by atoms with Gasteiger partial charge >= 0.3 is 23.9 Å². The highest BCUT2D eigenvalue weighted by Crippen LogP contribution is 2.45. The molecule has 5 aromatic rings. The summed E-state index contributed by atoms with van der Waals surface area (Å²) in [5, 5.41) is 59.8. The minimum atomic E-state index is -2.08. The van der Waals surface area contributed by atoms with E-state index in [4.69, 9.17) is 46.7 Å². The number of anilines is 3. The largest absolute Gasteiger partial charge is 0.507 e. The number of hydrogen-bond donors (Lipinski definition) is 10. The van der Waals surface area contributed by atoms with Crippen molar-refractivity contribution < 1.29 is 91.7 Å². The number of benzene rings is 4. The molecular weight excluding hydrogens is 1450 g/mol. The van der Waals surface area contributed by atoms with E-state index in [1.54, 1.807) is 65.0 Å². The summed E-state index contributed by atoms with van der Waals surface area (Å²) in [6.07, 6.45) is 6.12. The Morgan fingerprint density at radius 3 is 2.21 bits per heavy atom. The molecule has 32 heteroatoms. The van der Waals surface area contributed by atoms with Crippen LogP contribution in [0.15, 0.2) is 86.5 Å². The highest BCUT2D eigenvalue weighted by atomic mass is 16.7. The predicted octanol–water partition coefficient (Wildman–Crippen LogP) is 6.48. The van der Waals surface area contributed by atoms with Gasteiger partial charge in [0.25, 0.3) is 5.91 Å². The molecule has 1 saturated carbocycles. The zero-order chi connectivity index (χ0) is 81.6. The van der Waals surface area contributed by atoms with Gasteiger partial charge in [-0.1, -0.05) is 90.1 Å². The molecule has 5 heterocycles. The summed E-state index contributed by atoms with van der Waals surface area (Å²) in [7, 11) is 7.73. The number of aliphatic hydroxyl groups excluding tert-OH is 3. The van der Waals surface area contributed by atoms with E-state index in [1.165, 1.54) is 81.2 Å². The number of esters is 1. The molecule has 3 fully saturated rings. The third-order valence-electron chi connectivity index (χ3n) is 22.7. The van der Waals surface area contributed by atoms with Crippen LogP contribution in [0, 0.1) is 41.9 Å². The molecule has 112 heavy (non-hydrogen) atoms. The number of amides is 9. The molecule has 31 nitrogen and oxygen atoms in total. The monoisotopic (exact) mass is 1550 g/mol. The number of piperazine rings is 1. The van der Waals surface area contributed by atoms with Crippen molar-refractivity contribution in [2.24, 2.45) is 40.7 Å². The number of primary amides is 1. The fourth-order valence-corrected chi connectivity index (χ4v) is 15.1. The van der Waals surface area contributed by atoms with E-state index >= 15 is 4.79 Å². The van der Waals surface area contributed by atoms with E-state index in [2.05, 4.69) is 26.6 Å². The third kappa shape index (κ3) is 17.7. The number of nitrogens with zero attached hydrogens (tertiary/aromatic N) is 4. The fraction of sp³-hybridized carbons (Fsp3) is 0.525. The van der Waals surface area contributed by atoms with Gasteiger partial charge in [-0.15, -0.1) is 0 Å². The standard InChI is InChI=1S/C80H101BN10O21/c1-12-78(9,81)51-39-56(94)91(73(51)102)31-15-13-14-29-83-74(103)80(27-18-28-80)75(104)86-52(21-17-30-84-76(82)105)72(101)85-49-24-22-48(23-25-49)40-108-77(106)90-34-32-89(33-35-90)50-37-53(93)60-55(38-50)111-69-61(87-60)57-58-65(97)46(7)68-59(57)70(99)79(10,112-68)109-36-26-54(107-11)43(4)67(110-47(8)92)45(6)64(96)44(5)63(95)41(2)19-16-20-42(3)71(100)88-62(69)66(58)98/h16,19-20,22-26,36-38,41,43-45,51-52,54,63-64,67,95-97,99H,12-15,17-18,21,27-35,39-40H2,1-11H3,(H,83,103)(H,85,101)(H,86,104)(H,88,100)(H3,82,84,105)/b19-16+,36-26+,42-20-/t41-,43+,44+,45+,51?,52-,54-,63-,64+,67+,78?,79-/m0/s1. The maximum atomic E-state index is 15.2. The number of phenols is 1. The highest BCUT2D eigenvalue weighted by molar-refractivity contribution is 6.19. The van der Waals surface area contributed by atoms with Crippen molar-refractivity contribution in [2.75, 3.05) is 68.5 Å². The maximum absolute atomic E-state index is 15.2. The lowest BCUT2D eigenvalue weighted by atomic mass is 9.60. The van der Waals surface area contributed by atoms with Crippen LogP contribution >= 0.6 is 0 Å². The number of hydrogen-bond acceptors (Lipinski definition) is 23. The van der Waals surface area contributed by atoms with E-state index in [9.17, 15) is 68.4 Å². The molecule has 2 saturated heterocycles. The number of rotatable bonds is 22. The molecule has 1 aromatic heterocycles. The van der Waals surface area contributed by atoms with Gasteiger partial charge in [-0.25, -0.2) is 14.6 Å². The Bertz CT molecular complexity index is 4760. The number of nitrogens with two attached hydrogens (primary N) is 1. The summed E-state index contributed by atoms with van der Waals surface area (Å²) in [5.74, 6) is -10.4. The summed E-state index contributed by atoms with van der Waals surface area (Å²) in [6.45, 7) is 17.1. The first-order valence-corrected chi connectivity index (χ1v) is 38.0. The molecule has 600 valence electrons. The Morgan fingerprint density at radius 2 is 1.56 bits per heavy atom. The first-order chi connectivity index (χ1) is 53.1. The first-order valence-electron chi connectivity index (χ1n) is 38.0. The second-order valence-corrected chi connectivity index (χ2v) is 30.5. The van der Waals surface area contributed by atoms with Gasteiger partial charge in [0.05, 0.1) is 43.0 Å². The maximum Gasteiger partial charge on any atom is 0.410 e. The zero-order valence-electron chi connectivity index (χ0n) is 65.0. The number of phenolic OH excluding ortho intramolecular Hbond substituents is 1. The van der Waals surface area contributed by atoms with E-state index < -0.39 is 152 Å². The molecular formula is C80H101BN10O21. The second-order valence-electron chi connectivity index (χ2n) is 30.5. The number of likely N-dealkylation sites (tertiary alicyclic amines) is 1. The summed E-state index contributed by atoms with van der Waals surface area (Å²) in [6, 6.07) is 7.38. The average Bonchev–Trinajstić information content (AvgIpc) is 1.51. The molecule has 4 aliphatic heterocycles. The normalized spacial score (nSPS) is 25.4. The Morgan fingerprint density at radius 1 is 0.866 bits per heavy atom. The summed E-state index contributed by atoms with van der Waals surface area (Å²) in [5.41, 5.74) is 2.07. The first kappa shape index (κ1) is 83.9. The van der Waals surface area contributed by atoms with Crippen molar-refractivity contribution in [1.82, 2.24) is 30.7 Å². The number of aromatic nitrogens is 1. The van der Waals surface area contributed by atoms with Crippen LogP contribution in [0.3, 0.4) is 0 Å². The molecule has 5 aliphatic rings. The SMILES string of the molecule is [B]C(C)(CC)C1CC(=O)N(CCCCCNC(=O)C2(C(=O)N[C@@H](CCCNC(N)=O)C(=O)Nc3ccc(COC(=O)N4CCN(c5cc(=O)c6nc7c(oc6c5)c5c(=O)c6c(O)c(C)c8c(c67)=C(O)[C@@](C)(O/C=C/[C@H](OC)[C@@H](C)[C@@H](OC(C)=O)[C@H](C)[C@H](O)[C@H](C)[C@@H](O)[C@@H](C)/C=C/C=C(/C)C(=O)N5)O8)CC4)cc3)CCC2)C1=O. The molecule has 5 bridgehead atoms. The molecule has 4 aromatic carbocycles. The lowest BCUT2D eigenvalue weighted by molar-refractivity contribution is -0.160. The topological polar surface area (TPSA) is 437 Å². The number of ether oxygens (including phenoxy) is 5. The van der Waals surface area contributed by atoms with Crippen molar-refractivity contribution in [3.05, 3.63) is 109 Å². The number of aromatic hydroxyl groups is 1. The van der Waals surface area contributed by atoms with Crippen molar-refractivity contribution in [2.45, 2.75) is 182 Å². The van der Waals surface area contributed by atoms with E-state index in [-0.39, 0.29) is 146 Å². The number of methoxy groups -OCH3 is 1. The van der Waals surface area contributed by atoms with Crippen LogP contribution in [0.4, 0.5) is 26.7 Å². The molecule has 0 spiro atoms. The van der Waals surface area contributed by atoms with Crippen LogP contribution in [0.1, 0.15) is 138 Å². The summed E-state index contributed by atoms with van der Waals surface area (Å²) < 4.78 is 36.4. The molecule has 2 unspecified atom stereocenters. The predicted molar refractivity (Wildman–Crippen MR) is 415 cm³/mol. The lowest BCUT2D eigenvalue weighted by Gasteiger charge is -2.39. The van der Waals surface area contributed by atoms with Crippen LogP contribution in [-0.2, 0) is 59.1 Å². The third-order valence-corrected chi connectivity index (χ3v) is 22.7. The van der Waals surface area contributed by atoms with Crippen LogP contribution < -0.4 is 58.0 Å².